The number of amides is 1. The van der Waals surface area contributed by atoms with Crippen LogP contribution in [0.5, 0.6) is 0 Å². The number of fused-ring (bicyclic) bond motifs is 1. The van der Waals surface area contributed by atoms with E-state index in [1.165, 1.54) is 18.2 Å². The molecule has 36 heavy (non-hydrogen) atoms. The topological polar surface area (TPSA) is 50.7 Å². The van der Waals surface area contributed by atoms with E-state index in [1.54, 1.807) is 23.9 Å². The molecule has 3 aromatic rings. The fourth-order valence-corrected chi connectivity index (χ4v) is 6.41. The molecule has 2 atom stereocenters. The van der Waals surface area contributed by atoms with Crippen LogP contribution in [0.3, 0.4) is 0 Å². The molecule has 1 saturated heterocycles. The standard InChI is InChI=1S/C26H21Cl3F2N2O2S/c1-24(2)22(13-36-24)32-23(34)20-8-7-19(17-5-3-4-6-18(17)20)21-12-25(35-33-21,26(29,30)31)14-9-15(27)11-16(28)10-14/h3-11,22H,12-13H2,1-2H3,(H,32,34). The second-order valence-electron chi connectivity index (χ2n) is 9.44. The zero-order chi connectivity index (χ0) is 25.9. The highest BCUT2D eigenvalue weighted by atomic mass is 35.5. The predicted octanol–water partition coefficient (Wildman–Crippen LogP) is 7.62. The third-order valence-corrected chi connectivity index (χ3v) is 9.03. The van der Waals surface area contributed by atoms with Crippen LogP contribution in [-0.2, 0) is 10.4 Å². The van der Waals surface area contributed by atoms with E-state index in [4.69, 9.17) is 39.6 Å². The van der Waals surface area contributed by atoms with Crippen LogP contribution in [0, 0.1) is 0 Å². The maximum atomic E-state index is 14.9. The normalized spacial score (nSPS) is 23.1. The number of oxime groups is 1. The fourth-order valence-electron chi connectivity index (χ4n) is 4.54. The Hall–Kier alpha value is -2.06. The molecule has 0 aliphatic carbocycles. The number of halogens is 5. The molecule has 2 aliphatic heterocycles. The Kier molecular flexibility index (Phi) is 6.43. The SMILES string of the molecule is CC1(C)SCC1NC(=O)c1ccc(C2=NOC(c3cc(Cl)cc(Cl)c3)(C(F)(F)Cl)C2)c2ccccc12. The van der Waals surface area contributed by atoms with Crippen molar-refractivity contribution in [3.8, 4) is 0 Å². The van der Waals surface area contributed by atoms with Gasteiger partial charge in [0.1, 0.15) is 0 Å². The summed E-state index contributed by atoms with van der Waals surface area (Å²) in [4.78, 5) is 18.5. The number of alkyl halides is 3. The van der Waals surface area contributed by atoms with Gasteiger partial charge in [-0.2, -0.15) is 20.5 Å². The molecule has 0 saturated carbocycles. The molecule has 4 nitrogen and oxygen atoms in total. The Bertz CT molecular complexity index is 1390. The molecule has 0 bridgehead atoms. The van der Waals surface area contributed by atoms with Gasteiger partial charge in [0.15, 0.2) is 0 Å². The van der Waals surface area contributed by atoms with E-state index in [-0.39, 0.29) is 44.4 Å². The first-order chi connectivity index (χ1) is 16.9. The summed E-state index contributed by atoms with van der Waals surface area (Å²) in [5, 5.41) is 5.04. The number of nitrogens with one attached hydrogen (secondary N) is 1. The van der Waals surface area contributed by atoms with Crippen molar-refractivity contribution in [1.82, 2.24) is 5.32 Å². The summed E-state index contributed by atoms with van der Waals surface area (Å²) in [7, 11) is 0. The molecule has 188 valence electrons. The van der Waals surface area contributed by atoms with Gasteiger partial charge < -0.3 is 10.2 Å². The van der Waals surface area contributed by atoms with Crippen molar-refractivity contribution in [2.24, 2.45) is 5.16 Å². The van der Waals surface area contributed by atoms with Gasteiger partial charge in [-0.15, -0.1) is 0 Å². The van der Waals surface area contributed by atoms with E-state index in [1.807, 2.05) is 24.3 Å². The molecule has 1 fully saturated rings. The molecule has 2 heterocycles. The summed E-state index contributed by atoms with van der Waals surface area (Å²) in [6.45, 7) is 4.19. The molecule has 3 aromatic carbocycles. The average Bonchev–Trinajstić information content (AvgIpc) is 3.27. The smallest absolute Gasteiger partial charge is 0.367 e. The number of carbonyl (C=O) groups excluding carboxylic acids is 1. The zero-order valence-corrected chi connectivity index (χ0v) is 22.3. The van der Waals surface area contributed by atoms with Crippen molar-refractivity contribution < 1.29 is 18.4 Å². The van der Waals surface area contributed by atoms with E-state index >= 15 is 0 Å². The van der Waals surface area contributed by atoms with Crippen LogP contribution in [0.4, 0.5) is 8.78 Å². The monoisotopic (exact) mass is 568 g/mol. The molecule has 0 radical (unpaired) electrons. The number of hydrogen-bond acceptors (Lipinski definition) is 4. The minimum Gasteiger partial charge on any atom is -0.376 e. The van der Waals surface area contributed by atoms with Gasteiger partial charge >= 0.3 is 5.38 Å². The number of carbonyl (C=O) groups is 1. The van der Waals surface area contributed by atoms with E-state index in [0.29, 0.717) is 21.9 Å². The van der Waals surface area contributed by atoms with Crippen molar-refractivity contribution >= 4 is 69.0 Å². The number of benzene rings is 3. The van der Waals surface area contributed by atoms with Gasteiger partial charge in [0.25, 0.3) is 5.91 Å². The number of hydrogen-bond donors (Lipinski definition) is 1. The molecule has 1 amide bonds. The first-order valence-corrected chi connectivity index (χ1v) is 13.3. The van der Waals surface area contributed by atoms with Crippen molar-refractivity contribution in [2.75, 3.05) is 5.75 Å². The number of rotatable bonds is 5. The largest absolute Gasteiger partial charge is 0.376 e. The maximum absolute atomic E-state index is 14.9. The summed E-state index contributed by atoms with van der Waals surface area (Å²) in [6, 6.07) is 14.9. The highest BCUT2D eigenvalue weighted by Crippen LogP contribution is 2.51. The Morgan fingerprint density at radius 2 is 1.78 bits per heavy atom. The van der Waals surface area contributed by atoms with E-state index in [2.05, 4.69) is 24.3 Å². The van der Waals surface area contributed by atoms with Crippen molar-refractivity contribution in [3.05, 3.63) is 81.3 Å². The third kappa shape index (κ3) is 4.34. The van der Waals surface area contributed by atoms with Gasteiger partial charge in [0.2, 0.25) is 5.60 Å². The van der Waals surface area contributed by atoms with Gasteiger partial charge in [-0.3, -0.25) is 4.79 Å². The van der Waals surface area contributed by atoms with Crippen LogP contribution in [0.15, 0.2) is 59.8 Å². The fraction of sp³-hybridized carbons (Fsp3) is 0.308. The van der Waals surface area contributed by atoms with Crippen LogP contribution >= 0.6 is 46.6 Å². The number of thioether (sulfide) groups is 1. The number of nitrogens with zero attached hydrogens (tertiary/aromatic N) is 1. The average molecular weight is 570 g/mol. The van der Waals surface area contributed by atoms with Gasteiger partial charge in [-0.05, 0) is 60.5 Å². The zero-order valence-electron chi connectivity index (χ0n) is 19.2. The molecule has 10 heteroatoms. The summed E-state index contributed by atoms with van der Waals surface area (Å²) in [5.74, 6) is 0.668. The quantitative estimate of drug-likeness (QED) is 0.322. The summed E-state index contributed by atoms with van der Waals surface area (Å²) < 4.78 is 29.7. The Morgan fingerprint density at radius 3 is 2.36 bits per heavy atom. The Balaban J connectivity index is 1.52. The summed E-state index contributed by atoms with van der Waals surface area (Å²) in [5.41, 5.74) is -0.955. The second-order valence-corrected chi connectivity index (χ2v) is 12.5. The van der Waals surface area contributed by atoms with Crippen LogP contribution in [-0.4, -0.2) is 33.5 Å². The van der Waals surface area contributed by atoms with Gasteiger partial charge in [-0.25, -0.2) is 0 Å². The molecule has 0 spiro atoms. The first kappa shape index (κ1) is 25.6. The van der Waals surface area contributed by atoms with E-state index in [9.17, 15) is 13.6 Å². The lowest BCUT2D eigenvalue weighted by atomic mass is 9.85. The molecule has 2 unspecified atom stereocenters. The van der Waals surface area contributed by atoms with Gasteiger partial charge in [-0.1, -0.05) is 58.7 Å². The van der Waals surface area contributed by atoms with Crippen LogP contribution in [0.1, 0.15) is 41.8 Å². The van der Waals surface area contributed by atoms with Crippen molar-refractivity contribution in [3.63, 3.8) is 0 Å². The maximum Gasteiger partial charge on any atom is 0.367 e. The molecular formula is C26H21Cl3F2N2O2S. The second kappa shape index (κ2) is 9.05. The lowest BCUT2D eigenvalue weighted by Gasteiger charge is -2.43. The minimum absolute atomic E-state index is 0.0139. The Labute approximate surface area is 226 Å². The van der Waals surface area contributed by atoms with Crippen LogP contribution < -0.4 is 5.32 Å². The Morgan fingerprint density at radius 1 is 1.11 bits per heavy atom. The molecular weight excluding hydrogens is 549 g/mol. The lowest BCUT2D eigenvalue weighted by molar-refractivity contribution is -0.155. The molecule has 0 aromatic heterocycles. The van der Waals surface area contributed by atoms with E-state index in [0.717, 1.165) is 5.75 Å². The minimum atomic E-state index is -3.82. The van der Waals surface area contributed by atoms with Crippen LogP contribution in [0.25, 0.3) is 10.8 Å². The lowest BCUT2D eigenvalue weighted by Crippen LogP contribution is -2.56. The molecule has 5 rings (SSSR count). The molecule has 2 aliphatic rings. The predicted molar refractivity (Wildman–Crippen MR) is 143 cm³/mol. The summed E-state index contributed by atoms with van der Waals surface area (Å²) in [6.07, 6.45) is -0.330. The highest BCUT2D eigenvalue weighted by Gasteiger charge is 2.60. The van der Waals surface area contributed by atoms with Crippen LogP contribution in [0.2, 0.25) is 10.0 Å². The van der Waals surface area contributed by atoms with Gasteiger partial charge in [0.05, 0.1) is 11.8 Å². The first-order valence-electron chi connectivity index (χ1n) is 11.2. The van der Waals surface area contributed by atoms with E-state index < -0.39 is 11.0 Å². The summed E-state index contributed by atoms with van der Waals surface area (Å²) >= 11 is 19.6. The van der Waals surface area contributed by atoms with Gasteiger partial charge in [0, 0.05) is 43.7 Å². The van der Waals surface area contributed by atoms with Crippen molar-refractivity contribution in [1.29, 1.82) is 0 Å². The highest BCUT2D eigenvalue weighted by molar-refractivity contribution is 8.02. The van der Waals surface area contributed by atoms with Crippen molar-refractivity contribution in [2.45, 2.75) is 42.0 Å². The third-order valence-electron chi connectivity index (χ3n) is 6.76. The molecule has 1 N–H and O–H groups in total.